The molecule has 0 amide bonds. The van der Waals surface area contributed by atoms with Gasteiger partial charge in [0.05, 0.1) is 0 Å². The van der Waals surface area contributed by atoms with E-state index in [9.17, 15) is 0 Å². The maximum absolute atomic E-state index is 5.14. The molecule has 0 spiro atoms. The van der Waals surface area contributed by atoms with Crippen molar-refractivity contribution in [2.24, 2.45) is 0 Å². The van der Waals surface area contributed by atoms with Crippen LogP contribution in [0.3, 0.4) is 0 Å². The van der Waals surface area contributed by atoms with E-state index < -0.39 is 18.4 Å². The molecule has 0 radical (unpaired) electrons. The zero-order valence-electron chi connectivity index (χ0n) is 19.7. The quantitative estimate of drug-likeness (QED) is 0.147. The summed E-state index contributed by atoms with van der Waals surface area (Å²) in [5.41, 5.74) is 1.47. The topological polar surface area (TPSA) is 12.9 Å². The number of aromatic nitrogens is 1. The van der Waals surface area contributed by atoms with Crippen molar-refractivity contribution in [1.82, 2.24) is 4.98 Å². The van der Waals surface area contributed by atoms with Gasteiger partial charge in [-0.25, -0.2) is 0 Å². The van der Waals surface area contributed by atoms with E-state index in [0.717, 1.165) is 0 Å². The molecule has 162 valence electrons. The van der Waals surface area contributed by atoms with Gasteiger partial charge in [0.2, 0.25) is 0 Å². The number of hydrogen-bond acceptors (Lipinski definition) is 1. The Hall–Kier alpha value is -0.0513. The first-order chi connectivity index (χ1) is 13.7. The summed E-state index contributed by atoms with van der Waals surface area (Å²) in [5, 5.41) is 0. The summed E-state index contributed by atoms with van der Waals surface area (Å²) in [4.78, 5) is 5.14. The molecule has 1 heterocycles. The Morgan fingerprint density at radius 3 is 1.57 bits per heavy atom. The molecular weight excluding hydrogens is 445 g/mol. The predicted octanol–water partition coefficient (Wildman–Crippen LogP) is 8.43. The third kappa shape index (κ3) is 10.1. The van der Waals surface area contributed by atoms with E-state index in [1.807, 2.05) is 0 Å². The monoisotopic (exact) mass is 495 g/mol. The van der Waals surface area contributed by atoms with Crippen LogP contribution >= 0.6 is 0 Å². The third-order valence-corrected chi connectivity index (χ3v) is 21.6. The summed E-state index contributed by atoms with van der Waals surface area (Å²) >= 11 is -2.32. The SMILES string of the molecule is CCCCCCCCCc1cc[c]([Sn]([CH2]CCC)([CH2]CCC)[CH2]CCC)nc1. The van der Waals surface area contributed by atoms with Crippen molar-refractivity contribution in [2.45, 2.75) is 131 Å². The number of pyridine rings is 1. The average Bonchev–Trinajstić information content (AvgIpc) is 2.73. The standard InChI is InChI=1S/C14H22N.3C4H9.Sn/c1-2-3-4-5-6-7-8-10-14-11-9-12-15-13-14;3*1-3-4-2;/h9,11,13H,2-8,10H2,1H3;3*1,3-4H2,2H3;. The van der Waals surface area contributed by atoms with Gasteiger partial charge in [-0.1, -0.05) is 6.92 Å². The molecule has 0 aliphatic heterocycles. The maximum atomic E-state index is 5.14. The molecule has 28 heavy (non-hydrogen) atoms. The third-order valence-electron chi connectivity index (χ3n) is 6.46. The summed E-state index contributed by atoms with van der Waals surface area (Å²) in [6, 6.07) is 4.92. The van der Waals surface area contributed by atoms with Crippen molar-refractivity contribution in [3.05, 3.63) is 23.9 Å². The van der Waals surface area contributed by atoms with Crippen LogP contribution < -0.4 is 3.71 Å². The summed E-state index contributed by atoms with van der Waals surface area (Å²) in [6.07, 6.45) is 21.5. The Balaban J connectivity index is 2.66. The van der Waals surface area contributed by atoms with Crippen LogP contribution in [0.1, 0.15) is 117 Å². The number of rotatable bonds is 18. The van der Waals surface area contributed by atoms with Crippen LogP contribution in [-0.2, 0) is 6.42 Å². The molecule has 0 saturated carbocycles. The van der Waals surface area contributed by atoms with Crippen molar-refractivity contribution >= 4 is 22.1 Å². The van der Waals surface area contributed by atoms with Crippen LogP contribution in [0.15, 0.2) is 18.3 Å². The van der Waals surface area contributed by atoms with Crippen LogP contribution in [0.25, 0.3) is 0 Å². The molecule has 0 atom stereocenters. The zero-order valence-corrected chi connectivity index (χ0v) is 22.6. The Bertz CT molecular complexity index is 446. The van der Waals surface area contributed by atoms with Gasteiger partial charge in [-0.3, -0.25) is 0 Å². The molecule has 0 saturated heterocycles. The Morgan fingerprint density at radius 1 is 0.607 bits per heavy atom. The van der Waals surface area contributed by atoms with Gasteiger partial charge < -0.3 is 0 Å². The van der Waals surface area contributed by atoms with E-state index in [-0.39, 0.29) is 0 Å². The van der Waals surface area contributed by atoms with E-state index in [2.05, 4.69) is 46.0 Å². The van der Waals surface area contributed by atoms with E-state index in [4.69, 9.17) is 4.98 Å². The van der Waals surface area contributed by atoms with Crippen LogP contribution in [0.2, 0.25) is 13.3 Å². The Morgan fingerprint density at radius 2 is 1.11 bits per heavy atom. The fraction of sp³-hybridized carbons (Fsp3) is 0.808. The van der Waals surface area contributed by atoms with E-state index in [1.165, 1.54) is 109 Å². The van der Waals surface area contributed by atoms with Gasteiger partial charge in [0, 0.05) is 0 Å². The normalized spacial score (nSPS) is 11.9. The first-order valence-electron chi connectivity index (χ1n) is 12.7. The van der Waals surface area contributed by atoms with Gasteiger partial charge in [-0.05, 0) is 0 Å². The summed E-state index contributed by atoms with van der Waals surface area (Å²) in [7, 11) is 0. The minimum absolute atomic E-state index is 1.22. The molecule has 1 nitrogen and oxygen atoms in total. The van der Waals surface area contributed by atoms with Crippen molar-refractivity contribution in [3.63, 3.8) is 0 Å². The number of nitrogens with zero attached hydrogens (tertiary/aromatic N) is 1. The minimum atomic E-state index is -2.32. The van der Waals surface area contributed by atoms with Gasteiger partial charge in [0.15, 0.2) is 0 Å². The fourth-order valence-electron chi connectivity index (χ4n) is 4.48. The van der Waals surface area contributed by atoms with E-state index in [0.29, 0.717) is 0 Å². The molecule has 0 fully saturated rings. The predicted molar refractivity (Wildman–Crippen MR) is 130 cm³/mol. The van der Waals surface area contributed by atoms with E-state index >= 15 is 0 Å². The van der Waals surface area contributed by atoms with Gasteiger partial charge in [-0.2, -0.15) is 0 Å². The summed E-state index contributed by atoms with van der Waals surface area (Å²) in [6.45, 7) is 9.36. The second-order valence-electron chi connectivity index (χ2n) is 9.01. The van der Waals surface area contributed by atoms with Gasteiger partial charge >= 0.3 is 175 Å². The van der Waals surface area contributed by atoms with Crippen LogP contribution in [-0.4, -0.2) is 23.4 Å². The van der Waals surface area contributed by atoms with Gasteiger partial charge in [0.1, 0.15) is 0 Å². The molecule has 1 aromatic rings. The number of aryl methyl sites for hydroxylation is 1. The first kappa shape index (κ1) is 26.0. The van der Waals surface area contributed by atoms with Crippen molar-refractivity contribution < 1.29 is 0 Å². The van der Waals surface area contributed by atoms with Crippen LogP contribution in [0.4, 0.5) is 0 Å². The van der Waals surface area contributed by atoms with Gasteiger partial charge in [-0.15, -0.1) is 0 Å². The molecule has 0 aliphatic carbocycles. The molecule has 0 unspecified atom stereocenters. The van der Waals surface area contributed by atoms with Gasteiger partial charge in [0.25, 0.3) is 0 Å². The van der Waals surface area contributed by atoms with Crippen molar-refractivity contribution in [2.75, 3.05) is 0 Å². The molecule has 2 heteroatoms. The molecule has 1 aromatic heterocycles. The van der Waals surface area contributed by atoms with Crippen LogP contribution in [0.5, 0.6) is 0 Å². The second kappa shape index (κ2) is 16.7. The fourth-order valence-corrected chi connectivity index (χ4v) is 19.8. The van der Waals surface area contributed by atoms with Crippen molar-refractivity contribution in [1.29, 1.82) is 0 Å². The second-order valence-corrected chi connectivity index (χ2v) is 22.1. The molecule has 1 rings (SSSR count). The first-order valence-corrected chi connectivity index (χ1v) is 20.2. The Kier molecular flexibility index (Phi) is 15.5. The molecular formula is C26H49NSn. The molecule has 0 bridgehead atoms. The number of hydrogen-bond donors (Lipinski definition) is 0. The summed E-state index contributed by atoms with van der Waals surface area (Å²) < 4.78 is 6.16. The zero-order chi connectivity index (χ0) is 20.5. The van der Waals surface area contributed by atoms with Crippen LogP contribution in [0, 0.1) is 0 Å². The van der Waals surface area contributed by atoms with Crippen molar-refractivity contribution in [3.8, 4) is 0 Å². The summed E-state index contributed by atoms with van der Waals surface area (Å²) in [5.74, 6) is 0. The number of unbranched alkanes of at least 4 members (excludes halogenated alkanes) is 9. The molecule has 0 aromatic carbocycles. The molecule has 0 N–H and O–H groups in total. The Labute approximate surface area is 181 Å². The van der Waals surface area contributed by atoms with E-state index in [1.54, 1.807) is 3.71 Å². The average molecular weight is 494 g/mol. The molecule has 0 aliphatic rings.